The van der Waals surface area contributed by atoms with Crippen molar-refractivity contribution >= 4 is 23.4 Å². The fraction of sp³-hybridized carbons (Fsp3) is 0.405. The molecule has 2 unspecified atom stereocenters. The second-order valence-electron chi connectivity index (χ2n) is 12.4. The van der Waals surface area contributed by atoms with E-state index in [1.165, 1.54) is 48.2 Å². The molecule has 6 heteroatoms. The molecule has 0 spiro atoms. The van der Waals surface area contributed by atoms with Crippen LogP contribution in [0.4, 0.5) is 17.1 Å². The number of benzene rings is 3. The molecule has 2 aliphatic heterocycles. The summed E-state index contributed by atoms with van der Waals surface area (Å²) in [5, 5.41) is 15.6. The van der Waals surface area contributed by atoms with Gasteiger partial charge in [0, 0.05) is 43.2 Å². The molecule has 2 fully saturated rings. The number of aryl methyl sites for hydroxylation is 1. The van der Waals surface area contributed by atoms with Gasteiger partial charge in [0.25, 0.3) is 0 Å². The van der Waals surface area contributed by atoms with Crippen LogP contribution in [0.5, 0.6) is 0 Å². The molecule has 1 saturated heterocycles. The number of hydrogen-bond donors (Lipinski definition) is 0. The summed E-state index contributed by atoms with van der Waals surface area (Å²) in [4.78, 5) is 7.07. The van der Waals surface area contributed by atoms with Gasteiger partial charge in [-0.15, -0.1) is 0 Å². The molecule has 0 N–H and O–H groups in total. The van der Waals surface area contributed by atoms with Crippen molar-refractivity contribution in [3.63, 3.8) is 0 Å². The number of hydrogen-bond acceptors (Lipinski definition) is 6. The molecule has 0 radical (unpaired) electrons. The molecule has 3 atom stereocenters. The van der Waals surface area contributed by atoms with Crippen LogP contribution < -0.4 is 14.7 Å². The summed E-state index contributed by atoms with van der Waals surface area (Å²) < 4.78 is 0. The van der Waals surface area contributed by atoms with Crippen molar-refractivity contribution in [1.29, 1.82) is 5.26 Å². The van der Waals surface area contributed by atoms with Gasteiger partial charge in [-0.25, -0.2) is 5.01 Å². The Balaban J connectivity index is 0.956. The monoisotopic (exact) mass is 572 g/mol. The number of rotatable bonds is 9. The highest BCUT2D eigenvalue weighted by molar-refractivity contribution is 5.85. The van der Waals surface area contributed by atoms with Crippen molar-refractivity contribution < 1.29 is 0 Å². The maximum atomic E-state index is 9.06. The van der Waals surface area contributed by atoms with Crippen LogP contribution in [-0.4, -0.2) is 43.6 Å². The second-order valence-corrected chi connectivity index (χ2v) is 12.4. The van der Waals surface area contributed by atoms with Gasteiger partial charge >= 0.3 is 0 Å². The van der Waals surface area contributed by atoms with Crippen LogP contribution in [0.3, 0.4) is 0 Å². The van der Waals surface area contributed by atoms with Crippen LogP contribution >= 0.6 is 0 Å². The van der Waals surface area contributed by atoms with Gasteiger partial charge in [-0.05, 0) is 117 Å². The van der Waals surface area contributed by atoms with Gasteiger partial charge in [0.2, 0.25) is 0 Å². The maximum absolute atomic E-state index is 9.06. The van der Waals surface area contributed by atoms with E-state index in [1.54, 1.807) is 0 Å². The SMILES string of the molecule is C=C1N(c2ccc(N3CCN(c4ccc(CC[C@@H]5CCC(c6ccc(C#N)cc6)C5)cc4)CC3)cc2)C=NN1C(C)CC. The van der Waals surface area contributed by atoms with Crippen molar-refractivity contribution in [2.75, 3.05) is 40.9 Å². The summed E-state index contributed by atoms with van der Waals surface area (Å²) in [6.07, 6.45) is 9.18. The lowest BCUT2D eigenvalue weighted by Crippen LogP contribution is -2.46. The fourth-order valence-electron chi connectivity index (χ4n) is 6.87. The largest absolute Gasteiger partial charge is 0.368 e. The molecule has 1 aliphatic carbocycles. The van der Waals surface area contributed by atoms with Crippen LogP contribution in [0.1, 0.15) is 68.6 Å². The molecule has 3 aliphatic rings. The molecule has 1 saturated carbocycles. The Morgan fingerprint density at radius 1 is 0.860 bits per heavy atom. The van der Waals surface area contributed by atoms with Crippen molar-refractivity contribution in [2.45, 2.75) is 64.3 Å². The van der Waals surface area contributed by atoms with E-state index in [2.05, 4.69) is 107 Å². The number of nitrogens with zero attached hydrogens (tertiary/aromatic N) is 6. The highest BCUT2D eigenvalue weighted by Gasteiger charge is 2.26. The van der Waals surface area contributed by atoms with E-state index in [0.717, 1.165) is 62.0 Å². The predicted octanol–water partition coefficient (Wildman–Crippen LogP) is 7.74. The Hall–Kier alpha value is -4.24. The van der Waals surface area contributed by atoms with Crippen molar-refractivity contribution in [2.24, 2.45) is 11.0 Å². The summed E-state index contributed by atoms with van der Waals surface area (Å²) >= 11 is 0. The molecule has 222 valence electrons. The minimum absolute atomic E-state index is 0.340. The first kappa shape index (κ1) is 28.9. The van der Waals surface area contributed by atoms with Crippen LogP contribution in [0.2, 0.25) is 0 Å². The third-order valence-electron chi connectivity index (χ3n) is 9.81. The third kappa shape index (κ3) is 6.41. The first-order chi connectivity index (χ1) is 21.0. The predicted molar refractivity (Wildman–Crippen MR) is 179 cm³/mol. The molecule has 6 rings (SSSR count). The smallest absolute Gasteiger partial charge is 0.128 e. The van der Waals surface area contributed by atoms with Gasteiger partial charge in [0.15, 0.2) is 0 Å². The van der Waals surface area contributed by atoms with E-state index in [9.17, 15) is 0 Å². The van der Waals surface area contributed by atoms with E-state index in [4.69, 9.17) is 5.26 Å². The minimum Gasteiger partial charge on any atom is -0.368 e. The molecule has 2 heterocycles. The van der Waals surface area contributed by atoms with Gasteiger partial charge in [-0.3, -0.25) is 4.90 Å². The fourth-order valence-corrected chi connectivity index (χ4v) is 6.87. The van der Waals surface area contributed by atoms with Gasteiger partial charge in [-0.1, -0.05) is 37.8 Å². The Morgan fingerprint density at radius 2 is 1.47 bits per heavy atom. The first-order valence-electron chi connectivity index (χ1n) is 16.0. The van der Waals surface area contributed by atoms with Gasteiger partial charge in [0.05, 0.1) is 17.7 Å². The molecular formula is C37H44N6. The number of anilines is 3. The molecule has 43 heavy (non-hydrogen) atoms. The zero-order chi connectivity index (χ0) is 29.8. The lowest BCUT2D eigenvalue weighted by atomic mass is 9.93. The number of piperazine rings is 1. The molecule has 0 bridgehead atoms. The van der Waals surface area contributed by atoms with E-state index >= 15 is 0 Å². The van der Waals surface area contributed by atoms with Gasteiger partial charge in [-0.2, -0.15) is 10.4 Å². The van der Waals surface area contributed by atoms with E-state index in [1.807, 2.05) is 23.5 Å². The summed E-state index contributed by atoms with van der Waals surface area (Å²) in [5.74, 6) is 2.36. The minimum atomic E-state index is 0.340. The summed E-state index contributed by atoms with van der Waals surface area (Å²) in [6.45, 7) is 12.7. The molecular weight excluding hydrogens is 528 g/mol. The zero-order valence-corrected chi connectivity index (χ0v) is 25.7. The standard InChI is InChI=1S/C37H44N6/c1-4-28(2)43-29(3)42(27-39-43)37-19-17-36(18-20-37)41-23-21-40(22-24-41)35-15-10-30(11-16-35)5-6-31-7-14-34(25-31)33-12-8-32(26-38)9-13-33/h8-13,15-20,27-28,31,34H,3-7,14,21-25H2,1-2H3/t28?,31-,34?/m1/s1. The summed E-state index contributed by atoms with van der Waals surface area (Å²) in [5.41, 5.74) is 7.30. The van der Waals surface area contributed by atoms with Crippen LogP contribution in [0.15, 0.2) is 90.3 Å². The Bertz CT molecular complexity index is 1440. The van der Waals surface area contributed by atoms with Crippen LogP contribution in [0, 0.1) is 17.2 Å². The molecule has 3 aromatic rings. The molecule has 6 nitrogen and oxygen atoms in total. The average Bonchev–Trinajstić information content (AvgIpc) is 3.71. The maximum Gasteiger partial charge on any atom is 0.128 e. The number of nitriles is 1. The second kappa shape index (κ2) is 13.0. The van der Waals surface area contributed by atoms with E-state index < -0.39 is 0 Å². The van der Waals surface area contributed by atoms with E-state index in [-0.39, 0.29) is 0 Å². The van der Waals surface area contributed by atoms with Crippen molar-refractivity contribution in [3.05, 3.63) is 102 Å². The average molecular weight is 573 g/mol. The zero-order valence-electron chi connectivity index (χ0n) is 25.7. The first-order valence-corrected chi connectivity index (χ1v) is 16.0. The molecule has 0 amide bonds. The normalized spacial score (nSPS) is 21.0. The van der Waals surface area contributed by atoms with Gasteiger partial charge < -0.3 is 9.80 Å². The van der Waals surface area contributed by atoms with Crippen molar-refractivity contribution in [1.82, 2.24) is 5.01 Å². The Morgan fingerprint density at radius 3 is 2.07 bits per heavy atom. The van der Waals surface area contributed by atoms with Crippen LogP contribution in [0.25, 0.3) is 0 Å². The highest BCUT2D eigenvalue weighted by atomic mass is 15.6. The van der Waals surface area contributed by atoms with Gasteiger partial charge in [0.1, 0.15) is 12.2 Å². The van der Waals surface area contributed by atoms with Crippen molar-refractivity contribution in [3.8, 4) is 6.07 Å². The van der Waals surface area contributed by atoms with E-state index in [0.29, 0.717) is 12.0 Å². The molecule has 0 aromatic heterocycles. The lowest BCUT2D eigenvalue weighted by molar-refractivity contribution is 0.286. The highest BCUT2D eigenvalue weighted by Crippen LogP contribution is 2.40. The third-order valence-corrected chi connectivity index (χ3v) is 9.81. The quantitative estimate of drug-likeness (QED) is 0.263. The summed E-state index contributed by atoms with van der Waals surface area (Å²) in [6, 6.07) is 28.9. The van der Waals surface area contributed by atoms with Crippen LogP contribution in [-0.2, 0) is 6.42 Å². The Kier molecular flexibility index (Phi) is 8.69. The lowest BCUT2D eigenvalue weighted by Gasteiger charge is -2.37. The summed E-state index contributed by atoms with van der Waals surface area (Å²) in [7, 11) is 0. The Labute approximate surface area is 257 Å². The number of hydrazone groups is 1. The molecule has 3 aromatic carbocycles. The topological polar surface area (TPSA) is 49.1 Å².